The van der Waals surface area contributed by atoms with Gasteiger partial charge in [0.25, 0.3) is 0 Å². The van der Waals surface area contributed by atoms with Crippen molar-refractivity contribution in [2.24, 2.45) is 17.8 Å². The van der Waals surface area contributed by atoms with Crippen molar-refractivity contribution in [1.29, 1.82) is 0 Å². The van der Waals surface area contributed by atoms with Gasteiger partial charge in [-0.25, -0.2) is 0 Å². The van der Waals surface area contributed by atoms with Gasteiger partial charge in [-0.3, -0.25) is 14.4 Å². The number of aliphatic hydroxyl groups is 1. The van der Waals surface area contributed by atoms with E-state index in [2.05, 4.69) is 21.2 Å². The summed E-state index contributed by atoms with van der Waals surface area (Å²) in [6, 6.07) is -1.48. The Morgan fingerprint density at radius 1 is 1.39 bits per heavy atom. The van der Waals surface area contributed by atoms with E-state index in [-0.39, 0.29) is 35.8 Å². The molecule has 1 spiro atoms. The third kappa shape index (κ3) is 3.91. The van der Waals surface area contributed by atoms with Crippen molar-refractivity contribution in [2.75, 3.05) is 13.2 Å². The third-order valence-electron chi connectivity index (χ3n) is 6.88. The zero-order valence-electron chi connectivity index (χ0n) is 19.2. The van der Waals surface area contributed by atoms with E-state index in [9.17, 15) is 19.5 Å². The smallest absolute Gasteiger partial charge is 0.312 e. The second kappa shape index (κ2) is 8.63. The predicted molar refractivity (Wildman–Crippen MR) is 117 cm³/mol. The second-order valence-electron chi connectivity index (χ2n) is 10.0. The quantitative estimate of drug-likeness (QED) is 0.404. The van der Waals surface area contributed by atoms with E-state index in [0.717, 1.165) is 6.42 Å². The van der Waals surface area contributed by atoms with Crippen LogP contribution in [0.25, 0.3) is 0 Å². The molecule has 0 aromatic rings. The number of rotatable bonds is 7. The first-order valence-electron chi connectivity index (χ1n) is 11.2. The van der Waals surface area contributed by atoms with Gasteiger partial charge in [0.05, 0.1) is 37.2 Å². The van der Waals surface area contributed by atoms with E-state index >= 15 is 0 Å². The maximum Gasteiger partial charge on any atom is 0.312 e. The van der Waals surface area contributed by atoms with Crippen LogP contribution in [0.3, 0.4) is 0 Å². The molecule has 2 N–H and O–H groups in total. The minimum atomic E-state index is -1.14. The van der Waals surface area contributed by atoms with Crippen LogP contribution in [0.2, 0.25) is 0 Å². The van der Waals surface area contributed by atoms with E-state index in [1.807, 2.05) is 34.6 Å². The number of aliphatic hydroxyl groups excluding tert-OH is 1. The van der Waals surface area contributed by atoms with Crippen LogP contribution in [-0.4, -0.2) is 75.2 Å². The number of fused-ring (bicyclic) bond motifs is 1. The summed E-state index contributed by atoms with van der Waals surface area (Å²) in [5.41, 5.74) is -1.65. The summed E-state index contributed by atoms with van der Waals surface area (Å²) < 4.78 is 11.7. The molecule has 3 rings (SSSR count). The summed E-state index contributed by atoms with van der Waals surface area (Å²) >= 11 is 3.62. The highest BCUT2D eigenvalue weighted by Crippen LogP contribution is 2.60. The Bertz CT molecular complexity index is 740. The Morgan fingerprint density at radius 2 is 2.03 bits per heavy atom. The lowest BCUT2D eigenvalue weighted by molar-refractivity contribution is -0.155. The van der Waals surface area contributed by atoms with Crippen molar-refractivity contribution in [2.45, 2.75) is 88.5 Å². The van der Waals surface area contributed by atoms with Crippen LogP contribution in [0.5, 0.6) is 0 Å². The molecule has 1 unspecified atom stereocenters. The summed E-state index contributed by atoms with van der Waals surface area (Å²) in [5.74, 6) is -2.73. The third-order valence-corrected chi connectivity index (χ3v) is 7.72. The van der Waals surface area contributed by atoms with Crippen molar-refractivity contribution < 1.29 is 29.0 Å². The van der Waals surface area contributed by atoms with Crippen LogP contribution < -0.4 is 5.32 Å². The van der Waals surface area contributed by atoms with Crippen LogP contribution in [0.4, 0.5) is 0 Å². The highest BCUT2D eigenvalue weighted by Gasteiger charge is 2.77. The van der Waals surface area contributed by atoms with Crippen molar-refractivity contribution in [1.82, 2.24) is 10.2 Å². The molecule has 8 atom stereocenters. The first-order valence-corrected chi connectivity index (χ1v) is 12.1. The topological polar surface area (TPSA) is 105 Å². The van der Waals surface area contributed by atoms with Gasteiger partial charge in [-0.2, -0.15) is 0 Å². The van der Waals surface area contributed by atoms with Crippen LogP contribution in [-0.2, 0) is 23.9 Å². The summed E-state index contributed by atoms with van der Waals surface area (Å²) in [6.45, 7) is 11.2. The first kappa shape index (κ1) is 24.5. The van der Waals surface area contributed by atoms with Gasteiger partial charge in [-0.05, 0) is 40.0 Å². The number of nitrogens with one attached hydrogen (secondary N) is 1. The molecule has 3 fully saturated rings. The Hall–Kier alpha value is -1.19. The fourth-order valence-corrected chi connectivity index (χ4v) is 6.43. The SMILES string of the molecule is CCOC(=O)[C@H]1[C@@H]2O[C@@]3(CC2Br)[C@@H]1C(=O)N([C@@H](CO)[C@@H](C)CC)[C@@H]3C(=O)NC(C)(C)C. The number of hydrogen-bond donors (Lipinski definition) is 2. The standard InChI is InChI=1S/C22H35BrN2O6/c1-7-11(3)13(10-26)25-17(18(27)24-21(4,5)6)22-9-12(23)16(31-22)14(15(22)19(25)28)20(29)30-8-2/h11-17,26H,7-10H2,1-6H3,(H,24,27)/t11-,12?,13-,14+,15-,16+,17+,22-/m0/s1. The van der Waals surface area contributed by atoms with Crippen LogP contribution in [0.1, 0.15) is 54.4 Å². The Kier molecular flexibility index (Phi) is 6.81. The van der Waals surface area contributed by atoms with Crippen LogP contribution >= 0.6 is 15.9 Å². The van der Waals surface area contributed by atoms with Gasteiger partial charge in [0.1, 0.15) is 11.6 Å². The van der Waals surface area contributed by atoms with Crippen molar-refractivity contribution >= 4 is 33.7 Å². The van der Waals surface area contributed by atoms with Crippen LogP contribution in [0, 0.1) is 17.8 Å². The monoisotopic (exact) mass is 502 g/mol. The average molecular weight is 503 g/mol. The normalized spacial score (nSPS) is 36.3. The summed E-state index contributed by atoms with van der Waals surface area (Å²) in [7, 11) is 0. The molecule has 31 heavy (non-hydrogen) atoms. The largest absolute Gasteiger partial charge is 0.466 e. The lowest BCUT2D eigenvalue weighted by Crippen LogP contribution is -2.61. The molecule has 3 saturated heterocycles. The Labute approximate surface area is 192 Å². The molecule has 0 radical (unpaired) electrons. The van der Waals surface area contributed by atoms with Crippen molar-refractivity contribution in [3.05, 3.63) is 0 Å². The Morgan fingerprint density at radius 3 is 2.55 bits per heavy atom. The van der Waals surface area contributed by atoms with Gasteiger partial charge in [0.2, 0.25) is 11.8 Å². The van der Waals surface area contributed by atoms with E-state index in [1.54, 1.807) is 6.92 Å². The molecule has 9 heteroatoms. The fraction of sp³-hybridized carbons (Fsp3) is 0.864. The molecule has 0 saturated carbocycles. The molecule has 3 aliphatic heterocycles. The lowest BCUT2D eigenvalue weighted by Gasteiger charge is -2.40. The number of nitrogens with zero attached hydrogens (tertiary/aromatic N) is 1. The minimum absolute atomic E-state index is 0.0351. The molecule has 0 aliphatic carbocycles. The summed E-state index contributed by atoms with van der Waals surface area (Å²) in [6.07, 6.45) is 0.629. The lowest BCUT2D eigenvalue weighted by atomic mass is 9.70. The predicted octanol–water partition coefficient (Wildman–Crippen LogP) is 1.62. The molecule has 8 nitrogen and oxygen atoms in total. The molecule has 3 aliphatic rings. The molecule has 2 bridgehead atoms. The van der Waals surface area contributed by atoms with E-state index in [4.69, 9.17) is 9.47 Å². The van der Waals surface area contributed by atoms with E-state index < -0.39 is 47.1 Å². The summed E-state index contributed by atoms with van der Waals surface area (Å²) in [4.78, 5) is 41.6. The van der Waals surface area contributed by atoms with Gasteiger partial charge in [0, 0.05) is 10.4 Å². The number of hydrogen-bond acceptors (Lipinski definition) is 6. The zero-order valence-corrected chi connectivity index (χ0v) is 20.8. The number of ether oxygens (including phenoxy) is 2. The molecule has 3 heterocycles. The zero-order chi connectivity index (χ0) is 23.3. The fourth-order valence-electron chi connectivity index (χ4n) is 5.48. The minimum Gasteiger partial charge on any atom is -0.466 e. The molecule has 0 aromatic heterocycles. The summed E-state index contributed by atoms with van der Waals surface area (Å²) in [5, 5.41) is 13.2. The number of halogens is 1. The molecule has 2 amide bonds. The molecular formula is C22H35BrN2O6. The Balaban J connectivity index is 2.11. The van der Waals surface area contributed by atoms with Gasteiger partial charge >= 0.3 is 5.97 Å². The van der Waals surface area contributed by atoms with Gasteiger partial charge in [-0.15, -0.1) is 0 Å². The van der Waals surface area contributed by atoms with Crippen molar-refractivity contribution in [3.63, 3.8) is 0 Å². The number of amides is 2. The van der Waals surface area contributed by atoms with E-state index in [0.29, 0.717) is 6.42 Å². The number of esters is 1. The molecular weight excluding hydrogens is 468 g/mol. The average Bonchev–Trinajstić information content (AvgIpc) is 3.25. The number of carbonyl (C=O) groups excluding carboxylic acids is 3. The number of alkyl halides is 1. The molecule has 0 aromatic carbocycles. The first-order chi connectivity index (χ1) is 14.4. The highest BCUT2D eigenvalue weighted by molar-refractivity contribution is 9.09. The maximum absolute atomic E-state index is 13.8. The second-order valence-corrected chi connectivity index (χ2v) is 11.2. The van der Waals surface area contributed by atoms with Gasteiger partial charge < -0.3 is 24.8 Å². The van der Waals surface area contributed by atoms with E-state index in [1.165, 1.54) is 4.90 Å². The van der Waals surface area contributed by atoms with Crippen molar-refractivity contribution in [3.8, 4) is 0 Å². The molecule has 176 valence electrons. The number of carbonyl (C=O) groups is 3. The maximum atomic E-state index is 13.8. The highest BCUT2D eigenvalue weighted by atomic mass is 79.9. The van der Waals surface area contributed by atoms with Gasteiger partial charge in [-0.1, -0.05) is 36.2 Å². The van der Waals surface area contributed by atoms with Gasteiger partial charge in [0.15, 0.2) is 0 Å². The van der Waals surface area contributed by atoms with Crippen LogP contribution in [0.15, 0.2) is 0 Å². The number of likely N-dealkylation sites (tertiary alicyclic amines) is 1.